The maximum atomic E-state index is 12.3. The number of thiocarbonyl (C=S) groups is 1. The first-order valence-electron chi connectivity index (χ1n) is 7.29. The molecule has 0 aromatic heterocycles. The SMILES string of the molecule is CCCCC(CCC)NC(=O)c1cccc(C(N)=S)c1. The van der Waals surface area contributed by atoms with E-state index in [1.165, 1.54) is 0 Å². The van der Waals surface area contributed by atoms with E-state index in [0.717, 1.165) is 37.7 Å². The van der Waals surface area contributed by atoms with Crippen LogP contribution in [0, 0.1) is 0 Å². The number of nitrogens with two attached hydrogens (primary N) is 1. The monoisotopic (exact) mass is 292 g/mol. The second kappa shape index (κ2) is 8.69. The summed E-state index contributed by atoms with van der Waals surface area (Å²) in [6.07, 6.45) is 5.40. The van der Waals surface area contributed by atoms with Crippen molar-refractivity contribution in [2.45, 2.75) is 52.0 Å². The number of carbonyl (C=O) groups is 1. The maximum absolute atomic E-state index is 12.3. The second-order valence-electron chi connectivity index (χ2n) is 5.05. The van der Waals surface area contributed by atoms with Crippen molar-refractivity contribution in [1.82, 2.24) is 5.32 Å². The smallest absolute Gasteiger partial charge is 0.251 e. The number of amides is 1. The van der Waals surface area contributed by atoms with Gasteiger partial charge in [-0.2, -0.15) is 0 Å². The number of benzene rings is 1. The maximum Gasteiger partial charge on any atom is 0.251 e. The predicted octanol–water partition coefficient (Wildman–Crippen LogP) is 3.41. The normalized spacial score (nSPS) is 11.9. The number of hydrogen-bond acceptors (Lipinski definition) is 2. The van der Waals surface area contributed by atoms with Crippen molar-refractivity contribution in [3.8, 4) is 0 Å². The molecule has 20 heavy (non-hydrogen) atoms. The number of rotatable bonds is 8. The van der Waals surface area contributed by atoms with E-state index in [4.69, 9.17) is 18.0 Å². The minimum Gasteiger partial charge on any atom is -0.389 e. The summed E-state index contributed by atoms with van der Waals surface area (Å²) >= 11 is 4.94. The molecule has 1 atom stereocenters. The molecule has 3 nitrogen and oxygen atoms in total. The standard InChI is InChI=1S/C16H24N2OS/c1-3-5-10-14(7-4-2)18-16(19)13-9-6-8-12(11-13)15(17)20/h6,8-9,11,14H,3-5,7,10H2,1-2H3,(H2,17,20)(H,18,19). The summed E-state index contributed by atoms with van der Waals surface area (Å²) < 4.78 is 0. The van der Waals surface area contributed by atoms with Crippen LogP contribution in [0.15, 0.2) is 24.3 Å². The van der Waals surface area contributed by atoms with Crippen LogP contribution in [0.1, 0.15) is 61.9 Å². The fourth-order valence-electron chi connectivity index (χ4n) is 2.17. The molecule has 0 saturated heterocycles. The molecule has 0 heterocycles. The molecule has 1 aromatic carbocycles. The lowest BCUT2D eigenvalue weighted by Gasteiger charge is -2.18. The van der Waals surface area contributed by atoms with E-state index in [2.05, 4.69) is 19.2 Å². The number of carbonyl (C=O) groups excluding carboxylic acids is 1. The highest BCUT2D eigenvalue weighted by Crippen LogP contribution is 2.10. The Balaban J connectivity index is 2.72. The summed E-state index contributed by atoms with van der Waals surface area (Å²) in [4.78, 5) is 12.6. The Morgan fingerprint density at radius 2 is 1.95 bits per heavy atom. The van der Waals surface area contributed by atoms with E-state index in [1.807, 2.05) is 12.1 Å². The number of hydrogen-bond donors (Lipinski definition) is 2. The molecule has 4 heteroatoms. The molecule has 0 aliphatic rings. The van der Waals surface area contributed by atoms with Crippen LogP contribution in [0.3, 0.4) is 0 Å². The molecule has 3 N–H and O–H groups in total. The Hall–Kier alpha value is -1.42. The van der Waals surface area contributed by atoms with Crippen molar-refractivity contribution >= 4 is 23.1 Å². The van der Waals surface area contributed by atoms with Crippen molar-refractivity contribution in [2.75, 3.05) is 0 Å². The van der Waals surface area contributed by atoms with Gasteiger partial charge in [0, 0.05) is 17.2 Å². The minimum absolute atomic E-state index is 0.0438. The van der Waals surface area contributed by atoms with E-state index in [0.29, 0.717) is 10.6 Å². The van der Waals surface area contributed by atoms with Gasteiger partial charge in [0.05, 0.1) is 0 Å². The minimum atomic E-state index is -0.0438. The van der Waals surface area contributed by atoms with Gasteiger partial charge in [-0.3, -0.25) is 4.79 Å². The lowest BCUT2D eigenvalue weighted by Crippen LogP contribution is -2.34. The van der Waals surface area contributed by atoms with E-state index in [9.17, 15) is 4.79 Å². The highest BCUT2D eigenvalue weighted by Gasteiger charge is 2.13. The zero-order valence-corrected chi connectivity index (χ0v) is 13.1. The van der Waals surface area contributed by atoms with Crippen LogP contribution in [0.5, 0.6) is 0 Å². The third-order valence-corrected chi connectivity index (χ3v) is 3.52. The molecule has 0 aliphatic heterocycles. The van der Waals surface area contributed by atoms with E-state index >= 15 is 0 Å². The zero-order chi connectivity index (χ0) is 15.0. The van der Waals surface area contributed by atoms with Gasteiger partial charge in [-0.25, -0.2) is 0 Å². The van der Waals surface area contributed by atoms with Gasteiger partial charge in [0.15, 0.2) is 0 Å². The molecule has 0 spiro atoms. The molecule has 0 saturated carbocycles. The highest BCUT2D eigenvalue weighted by atomic mass is 32.1. The van der Waals surface area contributed by atoms with Crippen LogP contribution in [-0.2, 0) is 0 Å². The summed E-state index contributed by atoms with van der Waals surface area (Å²) in [5.74, 6) is -0.0438. The van der Waals surface area contributed by atoms with Crippen LogP contribution in [0.2, 0.25) is 0 Å². The Morgan fingerprint density at radius 3 is 2.55 bits per heavy atom. The average Bonchev–Trinajstić information content (AvgIpc) is 2.45. The van der Waals surface area contributed by atoms with Gasteiger partial charge >= 0.3 is 0 Å². The average molecular weight is 292 g/mol. The first kappa shape index (κ1) is 16.6. The summed E-state index contributed by atoms with van der Waals surface area (Å²) in [5, 5.41) is 3.11. The zero-order valence-electron chi connectivity index (χ0n) is 12.3. The quantitative estimate of drug-likeness (QED) is 0.722. The fourth-order valence-corrected chi connectivity index (χ4v) is 2.30. The largest absolute Gasteiger partial charge is 0.389 e. The molecule has 1 rings (SSSR count). The van der Waals surface area contributed by atoms with Crippen LogP contribution >= 0.6 is 12.2 Å². The molecular weight excluding hydrogens is 268 g/mol. The van der Waals surface area contributed by atoms with Crippen LogP contribution < -0.4 is 11.1 Å². The Morgan fingerprint density at radius 1 is 1.25 bits per heavy atom. The molecule has 0 fully saturated rings. The van der Waals surface area contributed by atoms with Gasteiger partial charge in [0.25, 0.3) is 5.91 Å². The molecule has 0 aliphatic carbocycles. The van der Waals surface area contributed by atoms with Crippen molar-refractivity contribution in [1.29, 1.82) is 0 Å². The predicted molar refractivity (Wildman–Crippen MR) is 88.0 cm³/mol. The van der Waals surface area contributed by atoms with Crippen molar-refractivity contribution in [2.24, 2.45) is 5.73 Å². The first-order chi connectivity index (χ1) is 9.58. The lowest BCUT2D eigenvalue weighted by molar-refractivity contribution is 0.0932. The van der Waals surface area contributed by atoms with Crippen LogP contribution in [0.4, 0.5) is 0 Å². The molecule has 0 radical (unpaired) electrons. The van der Waals surface area contributed by atoms with E-state index < -0.39 is 0 Å². The van der Waals surface area contributed by atoms with Crippen molar-refractivity contribution in [3.05, 3.63) is 35.4 Å². The second-order valence-corrected chi connectivity index (χ2v) is 5.49. The van der Waals surface area contributed by atoms with Gasteiger partial charge in [-0.1, -0.05) is 57.5 Å². The Kier molecular flexibility index (Phi) is 7.23. The Labute approximate surface area is 126 Å². The summed E-state index contributed by atoms with van der Waals surface area (Å²) in [6, 6.07) is 7.42. The van der Waals surface area contributed by atoms with E-state index in [-0.39, 0.29) is 11.9 Å². The summed E-state index contributed by atoms with van der Waals surface area (Å²) in [5.41, 5.74) is 6.95. The number of unbranched alkanes of at least 4 members (excludes halogenated alkanes) is 1. The van der Waals surface area contributed by atoms with Gasteiger partial charge in [-0.05, 0) is 25.0 Å². The lowest BCUT2D eigenvalue weighted by atomic mass is 10.0. The summed E-state index contributed by atoms with van der Waals surface area (Å²) in [6.45, 7) is 4.30. The van der Waals surface area contributed by atoms with Crippen molar-refractivity contribution < 1.29 is 4.79 Å². The van der Waals surface area contributed by atoms with Crippen molar-refractivity contribution in [3.63, 3.8) is 0 Å². The van der Waals surface area contributed by atoms with E-state index in [1.54, 1.807) is 12.1 Å². The summed E-state index contributed by atoms with van der Waals surface area (Å²) in [7, 11) is 0. The highest BCUT2D eigenvalue weighted by molar-refractivity contribution is 7.80. The van der Waals surface area contributed by atoms with Gasteiger partial charge in [0.1, 0.15) is 4.99 Å². The fraction of sp³-hybridized carbons (Fsp3) is 0.500. The van der Waals surface area contributed by atoms with Gasteiger partial charge < -0.3 is 11.1 Å². The van der Waals surface area contributed by atoms with Crippen LogP contribution in [-0.4, -0.2) is 16.9 Å². The number of nitrogens with one attached hydrogen (secondary N) is 1. The molecule has 0 bridgehead atoms. The van der Waals surface area contributed by atoms with Crippen LogP contribution in [0.25, 0.3) is 0 Å². The molecular formula is C16H24N2OS. The third kappa shape index (κ3) is 5.29. The molecule has 1 amide bonds. The third-order valence-electron chi connectivity index (χ3n) is 3.29. The molecule has 110 valence electrons. The molecule has 1 aromatic rings. The topological polar surface area (TPSA) is 55.1 Å². The first-order valence-corrected chi connectivity index (χ1v) is 7.70. The Bertz CT molecular complexity index is 460. The molecule has 1 unspecified atom stereocenters. The van der Waals surface area contributed by atoms with Gasteiger partial charge in [-0.15, -0.1) is 0 Å². The van der Waals surface area contributed by atoms with Gasteiger partial charge in [0.2, 0.25) is 0 Å².